The van der Waals surface area contributed by atoms with Gasteiger partial charge in [-0.1, -0.05) is 0 Å². The van der Waals surface area contributed by atoms with Crippen molar-refractivity contribution in [1.82, 2.24) is 24.6 Å². The Hall–Kier alpha value is -2.43. The number of aromatic nitrogens is 5. The lowest BCUT2D eigenvalue weighted by Crippen LogP contribution is -2.47. The maximum Gasteiger partial charge on any atom is 0.453 e. The van der Waals surface area contributed by atoms with Gasteiger partial charge >= 0.3 is 6.18 Å². The topological polar surface area (TPSA) is 62.5 Å². The summed E-state index contributed by atoms with van der Waals surface area (Å²) in [7, 11) is 0. The van der Waals surface area contributed by atoms with E-state index in [-0.39, 0.29) is 5.78 Å². The number of rotatable bonds is 2. The Morgan fingerprint density at radius 3 is 2.22 bits per heavy atom. The molecule has 0 N–H and O–H groups in total. The molecule has 0 spiro atoms. The molecule has 0 atom stereocenters. The highest BCUT2D eigenvalue weighted by atomic mass is 32.1. The van der Waals surface area contributed by atoms with E-state index >= 15 is 0 Å². The molecule has 11 heteroatoms. The number of alkyl halides is 3. The number of piperazine rings is 1. The Morgan fingerprint density at radius 1 is 0.963 bits per heavy atom. The predicted molar refractivity (Wildman–Crippen MR) is 96.5 cm³/mol. The highest BCUT2D eigenvalue weighted by molar-refractivity contribution is 7.15. The maximum atomic E-state index is 13.0. The van der Waals surface area contributed by atoms with Crippen molar-refractivity contribution in [2.24, 2.45) is 0 Å². The van der Waals surface area contributed by atoms with E-state index in [2.05, 4.69) is 25.0 Å². The summed E-state index contributed by atoms with van der Waals surface area (Å²) in [5.74, 6) is -0.633. The monoisotopic (exact) mass is 397 g/mol. The molecule has 1 aliphatic rings. The zero-order valence-electron chi connectivity index (χ0n) is 15.1. The first-order valence-electron chi connectivity index (χ1n) is 8.48. The van der Waals surface area contributed by atoms with E-state index in [4.69, 9.17) is 0 Å². The van der Waals surface area contributed by atoms with Crippen molar-refractivity contribution in [1.29, 1.82) is 0 Å². The third-order valence-corrected chi connectivity index (χ3v) is 5.70. The Balaban J connectivity index is 1.60. The minimum Gasteiger partial charge on any atom is -0.353 e. The second kappa shape index (κ2) is 6.32. The first-order chi connectivity index (χ1) is 12.7. The minimum absolute atomic E-state index is 0.0362. The molecule has 0 aliphatic carbocycles. The zero-order chi connectivity index (χ0) is 19.3. The van der Waals surface area contributed by atoms with Crippen molar-refractivity contribution in [2.45, 2.75) is 26.9 Å². The van der Waals surface area contributed by atoms with Gasteiger partial charge in [-0.25, -0.2) is 9.97 Å². The van der Waals surface area contributed by atoms with Gasteiger partial charge in [-0.15, -0.1) is 16.4 Å². The molecule has 4 rings (SSSR count). The minimum atomic E-state index is -4.60. The molecule has 3 aromatic heterocycles. The largest absolute Gasteiger partial charge is 0.453 e. The fourth-order valence-corrected chi connectivity index (χ4v) is 3.99. The predicted octanol–water partition coefficient (Wildman–Crippen LogP) is 2.85. The Labute approximate surface area is 157 Å². The molecule has 1 saturated heterocycles. The second-order valence-corrected chi connectivity index (χ2v) is 7.69. The lowest BCUT2D eigenvalue weighted by Gasteiger charge is -2.35. The highest BCUT2D eigenvalue weighted by Crippen LogP contribution is 2.29. The zero-order valence-corrected chi connectivity index (χ0v) is 15.9. The van der Waals surface area contributed by atoms with Crippen molar-refractivity contribution in [3.05, 3.63) is 28.2 Å². The van der Waals surface area contributed by atoms with E-state index in [1.807, 2.05) is 18.7 Å². The van der Waals surface area contributed by atoms with E-state index in [0.29, 0.717) is 24.6 Å². The normalized spacial score (nSPS) is 15.8. The first kappa shape index (κ1) is 18.0. The van der Waals surface area contributed by atoms with Gasteiger partial charge in [0.2, 0.25) is 0 Å². The Bertz CT molecular complexity index is 966. The third kappa shape index (κ3) is 3.31. The van der Waals surface area contributed by atoms with Crippen LogP contribution in [-0.4, -0.2) is 50.7 Å². The number of hydrogen-bond donors (Lipinski definition) is 0. The molecular weight excluding hydrogens is 379 g/mol. The Morgan fingerprint density at radius 2 is 1.63 bits per heavy atom. The van der Waals surface area contributed by atoms with Crippen LogP contribution in [0.15, 0.2) is 6.07 Å². The first-order valence-corrected chi connectivity index (χ1v) is 9.29. The smallest absolute Gasteiger partial charge is 0.353 e. The van der Waals surface area contributed by atoms with Crippen molar-refractivity contribution in [3.63, 3.8) is 0 Å². The lowest BCUT2D eigenvalue weighted by atomic mass is 10.3. The van der Waals surface area contributed by atoms with Crippen LogP contribution >= 0.6 is 11.3 Å². The van der Waals surface area contributed by atoms with Gasteiger partial charge < -0.3 is 9.80 Å². The van der Waals surface area contributed by atoms with Crippen LogP contribution < -0.4 is 9.80 Å². The van der Waals surface area contributed by atoms with Gasteiger partial charge in [0.05, 0.1) is 5.69 Å². The molecule has 0 aromatic carbocycles. The number of fused-ring (bicyclic) bond motifs is 1. The summed E-state index contributed by atoms with van der Waals surface area (Å²) < 4.78 is 40.1. The van der Waals surface area contributed by atoms with E-state index < -0.39 is 12.0 Å². The molecule has 7 nitrogen and oxygen atoms in total. The van der Waals surface area contributed by atoms with E-state index in [9.17, 15) is 13.2 Å². The standard InChI is InChI=1S/C16H18F3N7S/c1-9-8-12(26-14(20-9)22-13(23-26)16(17,18)19)24-4-6-25(7-5-24)15-21-10(2)11(3)27-15/h8H,4-7H2,1-3H3. The van der Waals surface area contributed by atoms with Crippen molar-refractivity contribution in [3.8, 4) is 0 Å². The van der Waals surface area contributed by atoms with Gasteiger partial charge in [0, 0.05) is 42.8 Å². The fourth-order valence-electron chi connectivity index (χ4n) is 3.03. The summed E-state index contributed by atoms with van der Waals surface area (Å²) in [4.78, 5) is 17.6. The van der Waals surface area contributed by atoms with Crippen molar-refractivity contribution in [2.75, 3.05) is 36.0 Å². The van der Waals surface area contributed by atoms with Crippen LogP contribution in [0.3, 0.4) is 0 Å². The van der Waals surface area contributed by atoms with Gasteiger partial charge in [0.25, 0.3) is 11.6 Å². The quantitative estimate of drug-likeness (QED) is 0.663. The van der Waals surface area contributed by atoms with E-state index in [1.54, 1.807) is 24.3 Å². The summed E-state index contributed by atoms with van der Waals surface area (Å²) in [6.45, 7) is 8.54. The molecule has 27 heavy (non-hydrogen) atoms. The summed E-state index contributed by atoms with van der Waals surface area (Å²) in [6, 6.07) is 1.75. The molecular formula is C16H18F3N7S. The van der Waals surface area contributed by atoms with Crippen molar-refractivity contribution < 1.29 is 13.2 Å². The van der Waals surface area contributed by atoms with Gasteiger partial charge in [0.1, 0.15) is 5.82 Å². The van der Waals surface area contributed by atoms with Gasteiger partial charge in [-0.2, -0.15) is 22.7 Å². The number of nitrogens with zero attached hydrogens (tertiary/aromatic N) is 7. The number of aryl methyl sites for hydroxylation is 3. The van der Waals surface area contributed by atoms with Crippen LogP contribution in [0.4, 0.5) is 24.1 Å². The summed E-state index contributed by atoms with van der Waals surface area (Å²) in [5.41, 5.74) is 1.64. The fraction of sp³-hybridized carbons (Fsp3) is 0.500. The van der Waals surface area contributed by atoms with Crippen molar-refractivity contribution >= 4 is 28.1 Å². The lowest BCUT2D eigenvalue weighted by molar-refractivity contribution is -0.144. The maximum absolute atomic E-state index is 13.0. The number of hydrogen-bond acceptors (Lipinski definition) is 7. The van der Waals surface area contributed by atoms with Crippen LogP contribution in [0.1, 0.15) is 22.1 Å². The molecule has 0 saturated carbocycles. The number of halogens is 3. The van der Waals surface area contributed by atoms with Crippen LogP contribution in [0.2, 0.25) is 0 Å². The van der Waals surface area contributed by atoms with Gasteiger partial charge in [-0.3, -0.25) is 0 Å². The summed E-state index contributed by atoms with van der Waals surface area (Å²) in [5, 5.41) is 4.63. The number of thiazole rings is 1. The second-order valence-electron chi connectivity index (χ2n) is 6.51. The van der Waals surface area contributed by atoms with Crippen LogP contribution in [0.5, 0.6) is 0 Å². The highest BCUT2D eigenvalue weighted by Gasteiger charge is 2.37. The Kier molecular flexibility index (Phi) is 4.21. The summed E-state index contributed by atoms with van der Waals surface area (Å²) >= 11 is 1.66. The average Bonchev–Trinajstić information content (AvgIpc) is 3.18. The molecule has 0 bridgehead atoms. The molecule has 0 amide bonds. The number of anilines is 2. The molecule has 0 radical (unpaired) electrons. The van der Waals surface area contributed by atoms with Gasteiger partial charge in [0.15, 0.2) is 5.13 Å². The molecule has 3 aromatic rings. The molecule has 1 fully saturated rings. The molecule has 1 aliphatic heterocycles. The van der Waals surface area contributed by atoms with Crippen LogP contribution in [0.25, 0.3) is 5.78 Å². The molecule has 0 unspecified atom stereocenters. The van der Waals surface area contributed by atoms with Crippen LogP contribution in [-0.2, 0) is 6.18 Å². The summed E-state index contributed by atoms with van der Waals surface area (Å²) in [6.07, 6.45) is -4.60. The average molecular weight is 397 g/mol. The molecule has 4 heterocycles. The molecule has 144 valence electrons. The SMILES string of the molecule is Cc1cc(N2CCN(c3nc(C)c(C)s3)CC2)n2nc(C(F)(F)F)nc2n1. The van der Waals surface area contributed by atoms with Gasteiger partial charge in [-0.05, 0) is 20.8 Å². The van der Waals surface area contributed by atoms with Crippen LogP contribution in [0, 0.1) is 20.8 Å². The van der Waals surface area contributed by atoms with E-state index in [0.717, 1.165) is 23.9 Å². The third-order valence-electron chi connectivity index (χ3n) is 4.57. The van der Waals surface area contributed by atoms with E-state index in [1.165, 1.54) is 9.39 Å².